The molecular formula is C14H20N6O5S. The number of anilines is 1. The van der Waals surface area contributed by atoms with Crippen molar-refractivity contribution in [3.63, 3.8) is 0 Å². The summed E-state index contributed by atoms with van der Waals surface area (Å²) in [4.78, 5) is 22.8. The molecule has 7 N–H and O–H groups in total. The number of fused-ring (bicyclic) bond motifs is 1. The van der Waals surface area contributed by atoms with E-state index in [0.717, 1.165) is 0 Å². The molecule has 1 aliphatic rings. The molecule has 12 heteroatoms. The minimum atomic E-state index is -1.17. The first kappa shape index (κ1) is 18.8. The molecule has 5 atom stereocenters. The summed E-state index contributed by atoms with van der Waals surface area (Å²) < 4.78 is 7.29. The van der Waals surface area contributed by atoms with Gasteiger partial charge in [-0.2, -0.15) is 11.8 Å². The maximum Gasteiger partial charge on any atom is 0.320 e. The molecule has 26 heavy (non-hydrogen) atoms. The number of nitrogen functional groups attached to an aromatic ring is 1. The highest BCUT2D eigenvalue weighted by molar-refractivity contribution is 7.99. The molecule has 1 aliphatic heterocycles. The van der Waals surface area contributed by atoms with Crippen molar-refractivity contribution in [1.82, 2.24) is 19.5 Å². The Balaban J connectivity index is 1.64. The van der Waals surface area contributed by atoms with Gasteiger partial charge in [-0.1, -0.05) is 0 Å². The third-order valence-corrected chi connectivity index (χ3v) is 5.26. The number of thioether (sulfide) groups is 1. The zero-order chi connectivity index (χ0) is 18.8. The van der Waals surface area contributed by atoms with Crippen LogP contribution in [0, 0.1) is 0 Å². The fourth-order valence-electron chi connectivity index (χ4n) is 2.69. The van der Waals surface area contributed by atoms with Gasteiger partial charge in [-0.05, 0) is 12.2 Å². The summed E-state index contributed by atoms with van der Waals surface area (Å²) in [6.45, 7) is 0. The Bertz CT molecular complexity index is 788. The summed E-state index contributed by atoms with van der Waals surface area (Å²) in [7, 11) is 0. The highest BCUT2D eigenvalue weighted by Crippen LogP contribution is 2.33. The number of ether oxygens (including phenoxy) is 1. The molecular weight excluding hydrogens is 364 g/mol. The largest absolute Gasteiger partial charge is 0.480 e. The topological polar surface area (TPSA) is 183 Å². The monoisotopic (exact) mass is 384 g/mol. The van der Waals surface area contributed by atoms with Crippen LogP contribution < -0.4 is 11.5 Å². The Hall–Kier alpha value is -1.99. The number of carboxylic acid groups (broad SMARTS) is 1. The van der Waals surface area contributed by atoms with E-state index < -0.39 is 36.6 Å². The normalized spacial score (nSPS) is 27.0. The first-order valence-corrected chi connectivity index (χ1v) is 9.06. The minimum absolute atomic E-state index is 0.212. The van der Waals surface area contributed by atoms with Gasteiger partial charge in [-0.15, -0.1) is 0 Å². The van der Waals surface area contributed by atoms with E-state index in [1.165, 1.54) is 29.0 Å². The van der Waals surface area contributed by atoms with Crippen LogP contribution in [0.25, 0.3) is 11.2 Å². The fourth-order valence-corrected chi connectivity index (χ4v) is 3.78. The molecule has 0 amide bonds. The molecule has 0 radical (unpaired) electrons. The lowest BCUT2D eigenvalue weighted by molar-refractivity contribution is -0.138. The quantitative estimate of drug-likeness (QED) is 0.352. The van der Waals surface area contributed by atoms with Crippen molar-refractivity contribution in [3.05, 3.63) is 12.7 Å². The number of nitrogens with zero attached hydrogens (tertiary/aromatic N) is 4. The predicted molar refractivity (Wildman–Crippen MR) is 93.2 cm³/mol. The summed E-state index contributed by atoms with van der Waals surface area (Å²) in [5.41, 5.74) is 12.0. The second-order valence-corrected chi connectivity index (χ2v) is 7.09. The van der Waals surface area contributed by atoms with E-state index in [9.17, 15) is 15.0 Å². The molecule has 0 spiro atoms. The number of aliphatic carboxylic acids is 1. The summed E-state index contributed by atoms with van der Waals surface area (Å²) in [5, 5.41) is 29.3. The zero-order valence-corrected chi connectivity index (χ0v) is 14.5. The number of aliphatic hydroxyl groups excluding tert-OH is 2. The van der Waals surface area contributed by atoms with E-state index in [2.05, 4.69) is 15.0 Å². The van der Waals surface area contributed by atoms with Gasteiger partial charge in [0.2, 0.25) is 0 Å². The van der Waals surface area contributed by atoms with Crippen LogP contribution in [0.2, 0.25) is 0 Å². The number of carbonyl (C=O) groups is 1. The van der Waals surface area contributed by atoms with E-state index >= 15 is 0 Å². The lowest BCUT2D eigenvalue weighted by atomic mass is 10.1. The molecule has 2 aromatic rings. The smallest absolute Gasteiger partial charge is 0.320 e. The average molecular weight is 384 g/mol. The predicted octanol–water partition coefficient (Wildman–Crippen LogP) is -1.44. The van der Waals surface area contributed by atoms with Crippen molar-refractivity contribution in [2.45, 2.75) is 37.0 Å². The number of rotatable bonds is 7. The van der Waals surface area contributed by atoms with Gasteiger partial charge in [0.1, 0.15) is 30.1 Å². The molecule has 4 unspecified atom stereocenters. The number of aliphatic hydroxyl groups is 2. The van der Waals surface area contributed by atoms with E-state index in [-0.39, 0.29) is 5.82 Å². The third-order valence-electron chi connectivity index (χ3n) is 4.17. The molecule has 1 saturated heterocycles. The lowest BCUT2D eigenvalue weighted by Gasteiger charge is -2.16. The molecule has 11 nitrogen and oxygen atoms in total. The van der Waals surface area contributed by atoms with Crippen molar-refractivity contribution in [2.24, 2.45) is 5.73 Å². The molecule has 0 bridgehead atoms. The van der Waals surface area contributed by atoms with Crippen LogP contribution in [0.15, 0.2) is 12.7 Å². The number of aromatic nitrogens is 4. The summed E-state index contributed by atoms with van der Waals surface area (Å²) in [6.07, 6.45) is -0.747. The maximum absolute atomic E-state index is 10.7. The summed E-state index contributed by atoms with van der Waals surface area (Å²) in [6, 6.07) is -0.919. The van der Waals surface area contributed by atoms with Gasteiger partial charge in [0, 0.05) is 5.75 Å². The highest BCUT2D eigenvalue weighted by Gasteiger charge is 2.44. The van der Waals surface area contributed by atoms with Crippen LogP contribution in [0.1, 0.15) is 12.6 Å². The molecule has 0 saturated carbocycles. The zero-order valence-electron chi connectivity index (χ0n) is 13.7. The molecule has 3 rings (SSSR count). The van der Waals surface area contributed by atoms with E-state index in [1.54, 1.807) is 0 Å². The number of hydrogen-bond acceptors (Lipinski definition) is 10. The Labute approximate surface area is 152 Å². The van der Waals surface area contributed by atoms with E-state index in [4.69, 9.17) is 21.3 Å². The minimum Gasteiger partial charge on any atom is -0.480 e. The standard InChI is InChI=1S/C14H20N6O5S/c15-6(14(23)24)1-2-26-3-7-9(21)10(22)13(25-7)20-5-19-8-11(16)17-4-18-12(8)20/h4-7,9-10,13,21-22H,1-3,15H2,(H,23,24)(H2,16,17,18)/t6-,7?,9?,10?,13?/m1/s1. The van der Waals surface area contributed by atoms with Gasteiger partial charge in [-0.25, -0.2) is 15.0 Å². The Kier molecular flexibility index (Phi) is 5.58. The third kappa shape index (κ3) is 3.59. The van der Waals surface area contributed by atoms with Gasteiger partial charge in [0.25, 0.3) is 0 Å². The summed E-state index contributed by atoms with van der Waals surface area (Å²) in [5.74, 6) is 0.0405. The van der Waals surface area contributed by atoms with Crippen LogP contribution >= 0.6 is 11.8 Å². The molecule has 142 valence electrons. The molecule has 0 aromatic carbocycles. The van der Waals surface area contributed by atoms with Crippen molar-refractivity contribution in [2.75, 3.05) is 17.2 Å². The molecule has 0 aliphatic carbocycles. The first-order chi connectivity index (χ1) is 12.4. The lowest BCUT2D eigenvalue weighted by Crippen LogP contribution is -2.33. The van der Waals surface area contributed by atoms with Crippen LogP contribution in [0.3, 0.4) is 0 Å². The van der Waals surface area contributed by atoms with Gasteiger partial charge in [-0.3, -0.25) is 9.36 Å². The molecule has 2 aromatic heterocycles. The Morgan fingerprint density at radius 2 is 2.12 bits per heavy atom. The number of carboxylic acids is 1. The average Bonchev–Trinajstić information content (AvgIpc) is 3.15. The summed E-state index contributed by atoms with van der Waals surface area (Å²) >= 11 is 1.40. The number of imidazole rings is 1. The van der Waals surface area contributed by atoms with E-state index in [1.807, 2.05) is 0 Å². The maximum atomic E-state index is 10.7. The van der Waals surface area contributed by atoms with Crippen LogP contribution in [-0.4, -0.2) is 76.7 Å². The Morgan fingerprint density at radius 3 is 2.85 bits per heavy atom. The van der Waals surface area contributed by atoms with Crippen molar-refractivity contribution in [3.8, 4) is 0 Å². The second kappa shape index (κ2) is 7.72. The van der Waals surface area contributed by atoms with Crippen molar-refractivity contribution >= 4 is 34.7 Å². The fraction of sp³-hybridized carbons (Fsp3) is 0.571. The Morgan fingerprint density at radius 1 is 1.35 bits per heavy atom. The second-order valence-electron chi connectivity index (χ2n) is 5.94. The molecule has 3 heterocycles. The van der Waals surface area contributed by atoms with Crippen molar-refractivity contribution < 1.29 is 24.9 Å². The SMILES string of the molecule is Nc1ncnc2c1ncn2C1OC(CSCC[C@@H](N)C(=O)O)C(O)C1O. The van der Waals surface area contributed by atoms with Gasteiger partial charge in [0.05, 0.1) is 12.4 Å². The molecule has 1 fully saturated rings. The van der Waals surface area contributed by atoms with Crippen LogP contribution in [-0.2, 0) is 9.53 Å². The van der Waals surface area contributed by atoms with Crippen molar-refractivity contribution in [1.29, 1.82) is 0 Å². The van der Waals surface area contributed by atoms with E-state index in [0.29, 0.717) is 29.1 Å². The van der Waals surface area contributed by atoms with Gasteiger partial charge in [0.15, 0.2) is 17.7 Å². The van der Waals surface area contributed by atoms with Crippen LogP contribution in [0.5, 0.6) is 0 Å². The highest BCUT2D eigenvalue weighted by atomic mass is 32.2. The van der Waals surface area contributed by atoms with Gasteiger partial charge >= 0.3 is 5.97 Å². The number of hydrogen-bond donors (Lipinski definition) is 5. The number of nitrogens with two attached hydrogens (primary N) is 2. The first-order valence-electron chi connectivity index (χ1n) is 7.91. The van der Waals surface area contributed by atoms with Crippen LogP contribution in [0.4, 0.5) is 5.82 Å². The van der Waals surface area contributed by atoms with Gasteiger partial charge < -0.3 is 31.5 Å².